The van der Waals surface area contributed by atoms with Crippen LogP contribution in [-0.2, 0) is 11.3 Å². The van der Waals surface area contributed by atoms with Crippen LogP contribution in [-0.4, -0.2) is 25.9 Å². The lowest BCUT2D eigenvalue weighted by molar-refractivity contribution is 0.0445. The molecule has 1 N–H and O–H groups in total. The SMILES string of the molecule is COc1ccc(C#N)cc1CNC1(C)CCOCC1. The van der Waals surface area contributed by atoms with Crippen molar-refractivity contribution in [2.24, 2.45) is 0 Å². The first-order chi connectivity index (χ1) is 9.17. The number of rotatable bonds is 4. The molecule has 0 spiro atoms. The maximum atomic E-state index is 8.97. The van der Waals surface area contributed by atoms with Crippen LogP contribution < -0.4 is 10.1 Å². The first kappa shape index (κ1) is 13.9. The Hall–Kier alpha value is -1.57. The van der Waals surface area contributed by atoms with Gasteiger partial charge in [0.25, 0.3) is 0 Å². The molecule has 0 atom stereocenters. The number of nitriles is 1. The maximum Gasteiger partial charge on any atom is 0.123 e. The van der Waals surface area contributed by atoms with Crippen molar-refractivity contribution in [2.45, 2.75) is 31.8 Å². The number of nitrogens with zero attached hydrogens (tertiary/aromatic N) is 1. The highest BCUT2D eigenvalue weighted by Gasteiger charge is 2.26. The topological polar surface area (TPSA) is 54.3 Å². The smallest absolute Gasteiger partial charge is 0.123 e. The molecule has 4 heteroatoms. The van der Waals surface area contributed by atoms with Crippen LogP contribution in [0.25, 0.3) is 0 Å². The van der Waals surface area contributed by atoms with Gasteiger partial charge in [0.15, 0.2) is 0 Å². The van der Waals surface area contributed by atoms with Crippen molar-refractivity contribution in [3.8, 4) is 11.8 Å². The summed E-state index contributed by atoms with van der Waals surface area (Å²) < 4.78 is 10.7. The molecule has 0 radical (unpaired) electrons. The lowest BCUT2D eigenvalue weighted by Crippen LogP contribution is -2.46. The van der Waals surface area contributed by atoms with Gasteiger partial charge in [-0.05, 0) is 38.0 Å². The molecular formula is C15H20N2O2. The van der Waals surface area contributed by atoms with Gasteiger partial charge in [-0.1, -0.05) is 0 Å². The second-order valence-electron chi connectivity index (χ2n) is 5.17. The molecule has 1 fully saturated rings. The average Bonchev–Trinajstić information content (AvgIpc) is 2.45. The van der Waals surface area contributed by atoms with Crippen LogP contribution in [0.2, 0.25) is 0 Å². The van der Waals surface area contributed by atoms with Crippen LogP contribution >= 0.6 is 0 Å². The summed E-state index contributed by atoms with van der Waals surface area (Å²) in [4.78, 5) is 0. The van der Waals surface area contributed by atoms with Gasteiger partial charge in [0.05, 0.1) is 18.7 Å². The number of methoxy groups -OCH3 is 1. The van der Waals surface area contributed by atoms with E-state index in [1.165, 1.54) is 0 Å². The molecule has 2 rings (SSSR count). The number of benzene rings is 1. The second kappa shape index (κ2) is 6.05. The van der Waals surface area contributed by atoms with Gasteiger partial charge in [-0.15, -0.1) is 0 Å². The second-order valence-corrected chi connectivity index (χ2v) is 5.17. The van der Waals surface area contributed by atoms with E-state index in [0.29, 0.717) is 12.1 Å². The fourth-order valence-electron chi connectivity index (χ4n) is 2.29. The highest BCUT2D eigenvalue weighted by molar-refractivity contribution is 5.42. The van der Waals surface area contributed by atoms with Crippen LogP contribution in [0.3, 0.4) is 0 Å². The molecule has 19 heavy (non-hydrogen) atoms. The minimum atomic E-state index is 0.103. The first-order valence-corrected chi connectivity index (χ1v) is 6.57. The highest BCUT2D eigenvalue weighted by Crippen LogP contribution is 2.23. The van der Waals surface area contributed by atoms with E-state index in [4.69, 9.17) is 14.7 Å². The highest BCUT2D eigenvalue weighted by atomic mass is 16.5. The molecule has 0 amide bonds. The molecule has 1 heterocycles. The van der Waals surface area contributed by atoms with Gasteiger partial charge in [-0.2, -0.15) is 5.26 Å². The Kier molecular flexibility index (Phi) is 4.41. The summed E-state index contributed by atoms with van der Waals surface area (Å²) in [5.74, 6) is 0.821. The van der Waals surface area contributed by atoms with E-state index in [1.807, 2.05) is 12.1 Å². The standard InChI is InChI=1S/C15H20N2O2/c1-15(5-7-19-8-6-15)17-11-13-9-12(10-16)3-4-14(13)18-2/h3-4,9,17H,5-8,11H2,1-2H3. The number of hydrogen-bond acceptors (Lipinski definition) is 4. The molecule has 1 saturated heterocycles. The van der Waals surface area contributed by atoms with Gasteiger partial charge < -0.3 is 14.8 Å². The van der Waals surface area contributed by atoms with Crippen LogP contribution in [0.1, 0.15) is 30.9 Å². The fourth-order valence-corrected chi connectivity index (χ4v) is 2.29. The number of nitrogens with one attached hydrogen (secondary N) is 1. The predicted molar refractivity (Wildman–Crippen MR) is 73.0 cm³/mol. The molecule has 4 nitrogen and oxygen atoms in total. The summed E-state index contributed by atoms with van der Waals surface area (Å²) >= 11 is 0. The van der Waals surface area contributed by atoms with Crippen LogP contribution in [0.5, 0.6) is 5.75 Å². The third-order valence-electron chi connectivity index (χ3n) is 3.71. The summed E-state index contributed by atoms with van der Waals surface area (Å²) in [5, 5.41) is 12.5. The third kappa shape index (κ3) is 3.46. The van der Waals surface area contributed by atoms with Crippen molar-refractivity contribution < 1.29 is 9.47 Å². The number of ether oxygens (including phenoxy) is 2. The molecule has 1 aliphatic heterocycles. The zero-order valence-electron chi connectivity index (χ0n) is 11.5. The first-order valence-electron chi connectivity index (χ1n) is 6.57. The number of hydrogen-bond donors (Lipinski definition) is 1. The predicted octanol–water partition coefficient (Wildman–Crippen LogP) is 2.23. The molecular weight excluding hydrogens is 240 g/mol. The van der Waals surface area contributed by atoms with E-state index in [2.05, 4.69) is 18.3 Å². The van der Waals surface area contributed by atoms with Crippen molar-refractivity contribution in [3.63, 3.8) is 0 Å². The van der Waals surface area contributed by atoms with Crippen LogP contribution in [0, 0.1) is 11.3 Å². The Labute approximate surface area is 114 Å². The van der Waals surface area contributed by atoms with Gasteiger partial charge >= 0.3 is 0 Å². The van der Waals surface area contributed by atoms with Crippen molar-refractivity contribution in [1.29, 1.82) is 5.26 Å². The van der Waals surface area contributed by atoms with E-state index in [-0.39, 0.29) is 5.54 Å². The van der Waals surface area contributed by atoms with Gasteiger partial charge in [-0.3, -0.25) is 0 Å². The Morgan fingerprint density at radius 3 is 2.79 bits per heavy atom. The summed E-state index contributed by atoms with van der Waals surface area (Å²) in [6.45, 7) is 4.53. The summed E-state index contributed by atoms with van der Waals surface area (Å²) in [6.07, 6.45) is 2.01. The van der Waals surface area contributed by atoms with Crippen LogP contribution in [0.15, 0.2) is 18.2 Å². The monoisotopic (exact) mass is 260 g/mol. The summed E-state index contributed by atoms with van der Waals surface area (Å²) in [7, 11) is 1.65. The quantitative estimate of drug-likeness (QED) is 0.902. The molecule has 0 unspecified atom stereocenters. The lowest BCUT2D eigenvalue weighted by atomic mass is 9.92. The minimum absolute atomic E-state index is 0.103. The molecule has 0 aliphatic carbocycles. The van der Waals surface area contributed by atoms with Crippen molar-refractivity contribution in [2.75, 3.05) is 20.3 Å². The zero-order chi connectivity index (χ0) is 13.7. The van der Waals surface area contributed by atoms with Gasteiger partial charge in [0, 0.05) is 30.9 Å². The van der Waals surface area contributed by atoms with Crippen molar-refractivity contribution >= 4 is 0 Å². The van der Waals surface area contributed by atoms with Gasteiger partial charge in [-0.25, -0.2) is 0 Å². The minimum Gasteiger partial charge on any atom is -0.496 e. The van der Waals surface area contributed by atoms with E-state index in [1.54, 1.807) is 13.2 Å². The molecule has 102 valence electrons. The molecule has 1 aliphatic rings. The normalized spacial score (nSPS) is 17.7. The van der Waals surface area contributed by atoms with E-state index >= 15 is 0 Å². The Morgan fingerprint density at radius 2 is 2.16 bits per heavy atom. The molecule has 1 aromatic rings. The summed E-state index contributed by atoms with van der Waals surface area (Å²) in [5.41, 5.74) is 1.79. The lowest BCUT2D eigenvalue weighted by Gasteiger charge is -2.34. The Balaban J connectivity index is 2.07. The molecule has 0 bridgehead atoms. The molecule has 1 aromatic carbocycles. The van der Waals surface area contributed by atoms with E-state index < -0.39 is 0 Å². The third-order valence-corrected chi connectivity index (χ3v) is 3.71. The molecule has 0 saturated carbocycles. The van der Waals surface area contributed by atoms with Crippen molar-refractivity contribution in [1.82, 2.24) is 5.32 Å². The van der Waals surface area contributed by atoms with E-state index in [9.17, 15) is 0 Å². The zero-order valence-corrected chi connectivity index (χ0v) is 11.5. The molecule has 0 aromatic heterocycles. The van der Waals surface area contributed by atoms with E-state index in [0.717, 1.165) is 37.4 Å². The van der Waals surface area contributed by atoms with Gasteiger partial charge in [0.2, 0.25) is 0 Å². The summed E-state index contributed by atoms with van der Waals surface area (Å²) in [6, 6.07) is 7.67. The largest absolute Gasteiger partial charge is 0.496 e. The average molecular weight is 260 g/mol. The Morgan fingerprint density at radius 1 is 1.42 bits per heavy atom. The van der Waals surface area contributed by atoms with Crippen LogP contribution in [0.4, 0.5) is 0 Å². The van der Waals surface area contributed by atoms with Gasteiger partial charge in [0.1, 0.15) is 5.75 Å². The Bertz CT molecular complexity index is 474. The maximum absolute atomic E-state index is 8.97. The fraction of sp³-hybridized carbons (Fsp3) is 0.533. The van der Waals surface area contributed by atoms with Crippen molar-refractivity contribution in [3.05, 3.63) is 29.3 Å².